The molecule has 150 valence electrons. The first kappa shape index (κ1) is 17.7. The van der Waals surface area contributed by atoms with E-state index >= 15 is 0 Å². The van der Waals surface area contributed by atoms with Gasteiger partial charge in [0.2, 0.25) is 5.95 Å². The third kappa shape index (κ3) is 3.78. The van der Waals surface area contributed by atoms with Crippen molar-refractivity contribution in [2.24, 2.45) is 5.92 Å². The maximum atomic E-state index is 6.06. The van der Waals surface area contributed by atoms with Gasteiger partial charge in [-0.3, -0.25) is 0 Å². The summed E-state index contributed by atoms with van der Waals surface area (Å²) < 4.78 is 7.83. The molecule has 1 saturated carbocycles. The van der Waals surface area contributed by atoms with Gasteiger partial charge in [-0.2, -0.15) is 9.97 Å². The number of morpholine rings is 1. The number of nitrogens with zero attached hydrogens (tertiary/aromatic N) is 6. The topological polar surface area (TPSA) is 85.3 Å². The molecule has 3 fully saturated rings. The molecule has 0 radical (unpaired) electrons. The predicted octanol–water partition coefficient (Wildman–Crippen LogP) is 1.89. The Morgan fingerprint density at radius 2 is 1.82 bits per heavy atom. The molecule has 8 heteroatoms. The normalized spacial score (nSPS) is 23.2. The third-order valence-electron chi connectivity index (χ3n) is 6.06. The summed E-state index contributed by atoms with van der Waals surface area (Å²) in [6.07, 6.45) is 9.13. The van der Waals surface area contributed by atoms with Crippen LogP contribution in [0.25, 0.3) is 0 Å². The van der Waals surface area contributed by atoms with Gasteiger partial charge in [-0.1, -0.05) is 0 Å². The van der Waals surface area contributed by atoms with Crippen LogP contribution in [-0.2, 0) is 11.3 Å². The molecule has 28 heavy (non-hydrogen) atoms. The van der Waals surface area contributed by atoms with Crippen molar-refractivity contribution < 1.29 is 4.74 Å². The van der Waals surface area contributed by atoms with Crippen molar-refractivity contribution in [3.63, 3.8) is 0 Å². The Bertz CT molecular complexity index is 813. The van der Waals surface area contributed by atoms with Crippen LogP contribution in [0.5, 0.6) is 0 Å². The summed E-state index contributed by atoms with van der Waals surface area (Å²) >= 11 is 0. The molecule has 2 aliphatic heterocycles. The number of aromatic nitrogens is 4. The lowest BCUT2D eigenvalue weighted by molar-refractivity contribution is 0.122. The molecule has 0 aromatic carbocycles. The molecule has 1 aliphatic carbocycles. The van der Waals surface area contributed by atoms with Gasteiger partial charge in [0.05, 0.1) is 13.2 Å². The first-order valence-corrected chi connectivity index (χ1v) is 10.5. The molecule has 0 amide bonds. The summed E-state index contributed by atoms with van der Waals surface area (Å²) in [5, 5.41) is 0. The average molecular weight is 384 g/mol. The van der Waals surface area contributed by atoms with Crippen LogP contribution >= 0.6 is 0 Å². The van der Waals surface area contributed by atoms with Crippen molar-refractivity contribution in [2.45, 2.75) is 38.1 Å². The van der Waals surface area contributed by atoms with Crippen LogP contribution in [0.3, 0.4) is 0 Å². The highest BCUT2D eigenvalue weighted by Gasteiger charge is 2.29. The van der Waals surface area contributed by atoms with Gasteiger partial charge in [-0.25, -0.2) is 4.98 Å². The van der Waals surface area contributed by atoms with Crippen molar-refractivity contribution in [3.05, 3.63) is 24.3 Å². The van der Waals surface area contributed by atoms with E-state index in [1.807, 2.05) is 6.20 Å². The molecule has 2 saturated heterocycles. The summed E-state index contributed by atoms with van der Waals surface area (Å²) in [5.74, 6) is 4.70. The van der Waals surface area contributed by atoms with Crippen molar-refractivity contribution in [1.82, 2.24) is 19.5 Å². The Morgan fingerprint density at radius 1 is 1.04 bits per heavy atom. The highest BCUT2D eigenvalue weighted by atomic mass is 16.5. The maximum absolute atomic E-state index is 6.06. The zero-order valence-corrected chi connectivity index (χ0v) is 16.3. The lowest BCUT2D eigenvalue weighted by Gasteiger charge is -2.34. The molecule has 4 heterocycles. The maximum Gasteiger partial charge on any atom is 0.223 e. The lowest BCUT2D eigenvalue weighted by Crippen LogP contribution is -2.38. The van der Waals surface area contributed by atoms with E-state index in [0.717, 1.165) is 69.9 Å². The van der Waals surface area contributed by atoms with E-state index in [4.69, 9.17) is 15.5 Å². The van der Waals surface area contributed by atoms with Crippen LogP contribution in [0, 0.1) is 5.92 Å². The number of hydrogen-bond donors (Lipinski definition) is 1. The number of nitrogens with two attached hydrogens (primary N) is 1. The van der Waals surface area contributed by atoms with Gasteiger partial charge in [0, 0.05) is 57.1 Å². The fourth-order valence-electron chi connectivity index (χ4n) is 4.37. The minimum Gasteiger partial charge on any atom is -0.378 e. The Kier molecular flexibility index (Phi) is 4.80. The van der Waals surface area contributed by atoms with Crippen LogP contribution in [0.4, 0.5) is 17.6 Å². The fourth-order valence-corrected chi connectivity index (χ4v) is 4.37. The van der Waals surface area contributed by atoms with E-state index in [0.29, 0.717) is 11.9 Å². The SMILES string of the molecule is Nc1nc(N2CCOCC2)cc(N2CCCC(c3nccn3CC3CC3)C2)n1. The van der Waals surface area contributed by atoms with Crippen LogP contribution in [-0.4, -0.2) is 58.9 Å². The van der Waals surface area contributed by atoms with E-state index in [9.17, 15) is 0 Å². The number of nitrogen functional groups attached to an aromatic ring is 1. The second-order valence-corrected chi connectivity index (χ2v) is 8.21. The van der Waals surface area contributed by atoms with E-state index in [1.165, 1.54) is 25.1 Å². The zero-order chi connectivity index (χ0) is 18.9. The number of ether oxygens (including phenoxy) is 1. The van der Waals surface area contributed by atoms with Crippen LogP contribution < -0.4 is 15.5 Å². The molecule has 1 atom stereocenters. The molecule has 1 unspecified atom stereocenters. The molecule has 3 aliphatic rings. The number of anilines is 3. The summed E-state index contributed by atoms with van der Waals surface area (Å²) in [6.45, 7) is 6.20. The fraction of sp³-hybridized carbons (Fsp3) is 0.650. The highest BCUT2D eigenvalue weighted by Crippen LogP contribution is 2.34. The number of imidazole rings is 1. The van der Waals surface area contributed by atoms with Crippen molar-refractivity contribution in [1.29, 1.82) is 0 Å². The first-order chi connectivity index (χ1) is 13.8. The van der Waals surface area contributed by atoms with Crippen molar-refractivity contribution >= 4 is 17.6 Å². The quantitative estimate of drug-likeness (QED) is 0.844. The molecule has 0 bridgehead atoms. The Hall–Kier alpha value is -2.35. The summed E-state index contributed by atoms with van der Waals surface area (Å²) in [5.41, 5.74) is 6.06. The molecular weight excluding hydrogens is 354 g/mol. The number of rotatable bonds is 5. The smallest absolute Gasteiger partial charge is 0.223 e. The molecule has 8 nitrogen and oxygen atoms in total. The van der Waals surface area contributed by atoms with Gasteiger partial charge < -0.3 is 24.8 Å². The van der Waals surface area contributed by atoms with Gasteiger partial charge in [0.15, 0.2) is 0 Å². The third-order valence-corrected chi connectivity index (χ3v) is 6.06. The van der Waals surface area contributed by atoms with Gasteiger partial charge in [-0.05, 0) is 31.6 Å². The molecule has 2 aromatic heterocycles. The van der Waals surface area contributed by atoms with Gasteiger partial charge >= 0.3 is 0 Å². The van der Waals surface area contributed by atoms with E-state index in [2.05, 4.69) is 36.6 Å². The monoisotopic (exact) mass is 383 g/mol. The van der Waals surface area contributed by atoms with Crippen LogP contribution in [0.2, 0.25) is 0 Å². The first-order valence-electron chi connectivity index (χ1n) is 10.5. The standard InChI is InChI=1S/C20H29N7O/c21-20-23-17(25-8-10-28-11-9-25)12-18(24-20)26-6-1-2-16(14-26)19-22-5-7-27(19)13-15-3-4-15/h5,7,12,15-16H,1-4,6,8-11,13-14H2,(H2,21,23,24). The second kappa shape index (κ2) is 7.58. The number of piperidine rings is 1. The summed E-state index contributed by atoms with van der Waals surface area (Å²) in [4.78, 5) is 18.3. The van der Waals surface area contributed by atoms with Gasteiger partial charge in [0.25, 0.3) is 0 Å². The Labute approximate surface area is 165 Å². The van der Waals surface area contributed by atoms with Gasteiger partial charge in [-0.15, -0.1) is 0 Å². The summed E-state index contributed by atoms with van der Waals surface area (Å²) in [6, 6.07) is 2.08. The lowest BCUT2D eigenvalue weighted by atomic mass is 9.97. The molecule has 5 rings (SSSR count). The Morgan fingerprint density at radius 3 is 2.61 bits per heavy atom. The predicted molar refractivity (Wildman–Crippen MR) is 109 cm³/mol. The largest absolute Gasteiger partial charge is 0.378 e. The molecule has 2 aromatic rings. The van der Waals surface area contributed by atoms with Crippen molar-refractivity contribution in [3.8, 4) is 0 Å². The minimum absolute atomic E-state index is 0.344. The van der Waals surface area contributed by atoms with Crippen LogP contribution in [0.1, 0.15) is 37.4 Å². The molecule has 2 N–H and O–H groups in total. The van der Waals surface area contributed by atoms with E-state index in [1.54, 1.807) is 0 Å². The van der Waals surface area contributed by atoms with Gasteiger partial charge in [0.1, 0.15) is 17.5 Å². The average Bonchev–Trinajstić information content (AvgIpc) is 3.43. The summed E-state index contributed by atoms with van der Waals surface area (Å²) in [7, 11) is 0. The number of hydrogen-bond acceptors (Lipinski definition) is 7. The van der Waals surface area contributed by atoms with E-state index < -0.39 is 0 Å². The molecular formula is C20H29N7O. The second-order valence-electron chi connectivity index (χ2n) is 8.21. The highest BCUT2D eigenvalue weighted by molar-refractivity contribution is 5.54. The minimum atomic E-state index is 0.344. The zero-order valence-electron chi connectivity index (χ0n) is 16.3. The van der Waals surface area contributed by atoms with Crippen LogP contribution in [0.15, 0.2) is 18.5 Å². The van der Waals surface area contributed by atoms with E-state index in [-0.39, 0.29) is 0 Å². The van der Waals surface area contributed by atoms with Crippen molar-refractivity contribution in [2.75, 3.05) is 54.9 Å². The Balaban J connectivity index is 1.35. The molecule has 0 spiro atoms.